The number of hydrogen-bond donors (Lipinski definition) is 0. The number of fused-ring (bicyclic) bond motifs is 1. The number of nitrogens with zero attached hydrogens (tertiary/aromatic N) is 1. The number of rotatable bonds is 1. The Kier molecular flexibility index (Phi) is 3.06. The molecule has 1 heterocycles. The molecule has 1 nitrogen and oxygen atoms in total. The first kappa shape index (κ1) is 11.0. The fourth-order valence-corrected chi connectivity index (χ4v) is 2.15. The number of pyridine rings is 1. The van der Waals surface area contributed by atoms with Gasteiger partial charge in [-0.2, -0.15) is 0 Å². The summed E-state index contributed by atoms with van der Waals surface area (Å²) in [5.41, 5.74) is 1.64. The van der Waals surface area contributed by atoms with Crippen LogP contribution in [-0.2, 0) is 6.42 Å². The SMILES string of the molecule is CCc1cc2c(Cl)ccc(Cl)c2nc1Cl. The Hall–Kier alpha value is -0.500. The van der Waals surface area contributed by atoms with E-state index in [-0.39, 0.29) is 0 Å². The summed E-state index contributed by atoms with van der Waals surface area (Å²) >= 11 is 18.1. The van der Waals surface area contributed by atoms with E-state index in [0.717, 1.165) is 17.4 Å². The fraction of sp³-hybridized carbons (Fsp3) is 0.182. The number of benzene rings is 1. The summed E-state index contributed by atoms with van der Waals surface area (Å²) in [5, 5.41) is 2.56. The largest absolute Gasteiger partial charge is 0.234 e. The van der Waals surface area contributed by atoms with E-state index in [1.54, 1.807) is 12.1 Å². The topological polar surface area (TPSA) is 12.9 Å². The maximum Gasteiger partial charge on any atom is 0.133 e. The zero-order valence-corrected chi connectivity index (χ0v) is 10.3. The molecule has 1 aromatic carbocycles. The summed E-state index contributed by atoms with van der Waals surface area (Å²) in [6.07, 6.45) is 0.824. The van der Waals surface area contributed by atoms with E-state index >= 15 is 0 Å². The van der Waals surface area contributed by atoms with Crippen LogP contribution in [0.3, 0.4) is 0 Å². The summed E-state index contributed by atoms with van der Waals surface area (Å²) in [5.74, 6) is 0. The standard InChI is InChI=1S/C11H8Cl3N/c1-2-6-5-7-8(12)3-4-9(13)10(7)15-11(6)14/h3-5H,2H2,1H3. The minimum atomic E-state index is 0.495. The number of aromatic nitrogens is 1. The van der Waals surface area contributed by atoms with Gasteiger partial charge in [0.05, 0.1) is 15.6 Å². The van der Waals surface area contributed by atoms with Crippen molar-refractivity contribution in [2.75, 3.05) is 0 Å². The zero-order valence-electron chi connectivity index (χ0n) is 8.02. The lowest BCUT2D eigenvalue weighted by molar-refractivity contribution is 1.12. The lowest BCUT2D eigenvalue weighted by Crippen LogP contribution is -1.89. The van der Waals surface area contributed by atoms with Crippen LogP contribution >= 0.6 is 34.8 Å². The lowest BCUT2D eigenvalue weighted by atomic mass is 10.1. The molecule has 2 aromatic rings. The first-order valence-corrected chi connectivity index (χ1v) is 5.70. The second-order valence-corrected chi connectivity index (χ2v) is 4.39. The number of hydrogen-bond acceptors (Lipinski definition) is 1. The van der Waals surface area contributed by atoms with E-state index in [1.807, 2.05) is 13.0 Å². The van der Waals surface area contributed by atoms with Crippen molar-refractivity contribution in [3.05, 3.63) is 39.0 Å². The van der Waals surface area contributed by atoms with Crippen LogP contribution in [0.1, 0.15) is 12.5 Å². The molecular weight excluding hydrogens is 252 g/mol. The van der Waals surface area contributed by atoms with Crippen molar-refractivity contribution in [2.45, 2.75) is 13.3 Å². The van der Waals surface area contributed by atoms with Crippen LogP contribution in [0, 0.1) is 0 Å². The Morgan fingerprint density at radius 2 is 1.80 bits per heavy atom. The van der Waals surface area contributed by atoms with E-state index in [1.165, 1.54) is 0 Å². The van der Waals surface area contributed by atoms with Gasteiger partial charge in [0.25, 0.3) is 0 Å². The van der Waals surface area contributed by atoms with Gasteiger partial charge in [-0.1, -0.05) is 41.7 Å². The molecule has 0 amide bonds. The predicted octanol–water partition coefficient (Wildman–Crippen LogP) is 4.76. The van der Waals surface area contributed by atoms with Crippen LogP contribution in [-0.4, -0.2) is 4.98 Å². The van der Waals surface area contributed by atoms with Crippen molar-refractivity contribution >= 4 is 45.7 Å². The van der Waals surface area contributed by atoms with Gasteiger partial charge in [0.1, 0.15) is 5.15 Å². The molecule has 1 aromatic heterocycles. The van der Waals surface area contributed by atoms with Crippen LogP contribution in [0.5, 0.6) is 0 Å². The second-order valence-electron chi connectivity index (χ2n) is 3.22. The summed E-state index contributed by atoms with van der Waals surface area (Å²) in [6, 6.07) is 5.43. The van der Waals surface area contributed by atoms with E-state index in [2.05, 4.69) is 4.98 Å². The summed E-state index contributed by atoms with van der Waals surface area (Å²) < 4.78 is 0. The van der Waals surface area contributed by atoms with Crippen molar-refractivity contribution < 1.29 is 0 Å². The molecule has 0 aliphatic carbocycles. The van der Waals surface area contributed by atoms with Gasteiger partial charge >= 0.3 is 0 Å². The highest BCUT2D eigenvalue weighted by atomic mass is 35.5. The second kappa shape index (κ2) is 4.17. The zero-order chi connectivity index (χ0) is 11.0. The molecule has 0 bridgehead atoms. The monoisotopic (exact) mass is 259 g/mol. The quantitative estimate of drug-likeness (QED) is 0.674. The molecule has 4 heteroatoms. The third-order valence-corrected chi connectivity index (χ3v) is 3.25. The summed E-state index contributed by atoms with van der Waals surface area (Å²) in [6.45, 7) is 2.02. The molecule has 0 aliphatic rings. The average molecular weight is 261 g/mol. The minimum Gasteiger partial charge on any atom is -0.234 e. The molecule has 0 saturated heterocycles. The Morgan fingerprint density at radius 3 is 2.47 bits per heavy atom. The van der Waals surface area contributed by atoms with Gasteiger partial charge in [-0.25, -0.2) is 4.98 Å². The molecule has 2 rings (SSSR count). The van der Waals surface area contributed by atoms with Gasteiger partial charge in [0.2, 0.25) is 0 Å². The molecule has 0 aliphatic heterocycles. The van der Waals surface area contributed by atoms with E-state index in [0.29, 0.717) is 20.7 Å². The smallest absolute Gasteiger partial charge is 0.133 e. The van der Waals surface area contributed by atoms with E-state index < -0.39 is 0 Å². The highest BCUT2D eigenvalue weighted by Crippen LogP contribution is 2.31. The molecule has 0 N–H and O–H groups in total. The van der Waals surface area contributed by atoms with Crippen molar-refractivity contribution in [1.29, 1.82) is 0 Å². The van der Waals surface area contributed by atoms with Crippen LogP contribution in [0.15, 0.2) is 18.2 Å². The van der Waals surface area contributed by atoms with Gasteiger partial charge in [-0.3, -0.25) is 0 Å². The Balaban J connectivity index is 2.86. The van der Waals surface area contributed by atoms with Gasteiger partial charge < -0.3 is 0 Å². The molecular formula is C11H8Cl3N. The molecule has 15 heavy (non-hydrogen) atoms. The molecule has 0 saturated carbocycles. The predicted molar refractivity (Wildman–Crippen MR) is 66.2 cm³/mol. The molecule has 0 fully saturated rings. The van der Waals surface area contributed by atoms with Crippen LogP contribution in [0.2, 0.25) is 15.2 Å². The average Bonchev–Trinajstić information content (AvgIpc) is 2.23. The maximum absolute atomic E-state index is 6.07. The van der Waals surface area contributed by atoms with E-state index in [4.69, 9.17) is 34.8 Å². The van der Waals surface area contributed by atoms with Gasteiger partial charge in [-0.05, 0) is 30.2 Å². The van der Waals surface area contributed by atoms with Crippen molar-refractivity contribution in [3.63, 3.8) is 0 Å². The summed E-state index contributed by atoms with van der Waals surface area (Å²) in [4.78, 5) is 4.26. The number of halogens is 3. The lowest BCUT2D eigenvalue weighted by Gasteiger charge is -2.06. The fourth-order valence-electron chi connectivity index (χ4n) is 1.46. The highest BCUT2D eigenvalue weighted by molar-refractivity contribution is 6.40. The first-order chi connectivity index (χ1) is 7.13. The molecule has 0 spiro atoms. The molecule has 0 unspecified atom stereocenters. The Labute approximate surface area is 103 Å². The maximum atomic E-state index is 6.07. The molecule has 78 valence electrons. The van der Waals surface area contributed by atoms with Crippen LogP contribution in [0.25, 0.3) is 10.9 Å². The highest BCUT2D eigenvalue weighted by Gasteiger charge is 2.08. The Morgan fingerprint density at radius 1 is 1.13 bits per heavy atom. The van der Waals surface area contributed by atoms with Crippen molar-refractivity contribution in [2.24, 2.45) is 0 Å². The van der Waals surface area contributed by atoms with Crippen LogP contribution in [0.4, 0.5) is 0 Å². The molecule has 0 atom stereocenters. The third kappa shape index (κ3) is 1.92. The van der Waals surface area contributed by atoms with Crippen molar-refractivity contribution in [1.82, 2.24) is 4.98 Å². The van der Waals surface area contributed by atoms with Gasteiger partial charge in [0.15, 0.2) is 0 Å². The van der Waals surface area contributed by atoms with Crippen LogP contribution < -0.4 is 0 Å². The normalized spacial score (nSPS) is 10.9. The number of aryl methyl sites for hydroxylation is 1. The first-order valence-electron chi connectivity index (χ1n) is 4.56. The third-order valence-electron chi connectivity index (χ3n) is 2.29. The molecule has 0 radical (unpaired) electrons. The van der Waals surface area contributed by atoms with Gasteiger partial charge in [-0.15, -0.1) is 0 Å². The van der Waals surface area contributed by atoms with E-state index in [9.17, 15) is 0 Å². The van der Waals surface area contributed by atoms with Gasteiger partial charge in [0, 0.05) is 5.39 Å². The summed E-state index contributed by atoms with van der Waals surface area (Å²) in [7, 11) is 0. The van der Waals surface area contributed by atoms with Crippen molar-refractivity contribution in [3.8, 4) is 0 Å². The Bertz CT molecular complexity index is 523. The minimum absolute atomic E-state index is 0.495.